The van der Waals surface area contributed by atoms with Gasteiger partial charge in [0, 0.05) is 48.3 Å². The molecule has 6 heteroatoms. The molecule has 0 aliphatic carbocycles. The molecule has 1 saturated heterocycles. The Labute approximate surface area is 262 Å². The van der Waals surface area contributed by atoms with E-state index in [0.717, 1.165) is 36.3 Å². The fourth-order valence-electron chi connectivity index (χ4n) is 4.48. The van der Waals surface area contributed by atoms with Gasteiger partial charge in [0.25, 0.3) is 0 Å². The zero-order valence-corrected chi connectivity index (χ0v) is 27.6. The molecule has 1 aromatic heterocycles. The van der Waals surface area contributed by atoms with Crippen LogP contribution in [0.1, 0.15) is 94.4 Å². The van der Waals surface area contributed by atoms with Crippen LogP contribution in [0.15, 0.2) is 79.5 Å². The summed E-state index contributed by atoms with van der Waals surface area (Å²) in [5.41, 5.74) is 18.3. The molecule has 5 N–H and O–H groups in total. The number of nitrogens with one attached hydrogen (secondary N) is 1. The molecule has 4 atom stereocenters. The number of aromatic nitrogens is 1. The average Bonchev–Trinajstić information content (AvgIpc) is 3.50. The summed E-state index contributed by atoms with van der Waals surface area (Å²) in [4.78, 5) is 6.36. The molecule has 43 heavy (non-hydrogen) atoms. The Morgan fingerprint density at radius 2 is 1.53 bits per heavy atom. The highest BCUT2D eigenvalue weighted by molar-refractivity contribution is 5.62. The molecule has 4 rings (SSSR count). The number of halogens is 1. The smallest absolute Gasteiger partial charge is 0.119 e. The number of nitrogens with two attached hydrogens (primary N) is 2. The Hall–Kier alpha value is -3.50. The number of nitrogens with zero attached hydrogens (tertiary/aromatic N) is 2. The average molecular weight is 590 g/mol. The van der Waals surface area contributed by atoms with Gasteiger partial charge in [-0.15, -0.1) is 12.8 Å². The quantitative estimate of drug-likeness (QED) is 0.223. The van der Waals surface area contributed by atoms with Gasteiger partial charge in [-0.05, 0) is 69.0 Å². The fourth-order valence-corrected chi connectivity index (χ4v) is 4.48. The van der Waals surface area contributed by atoms with Crippen molar-refractivity contribution in [3.63, 3.8) is 0 Å². The van der Waals surface area contributed by atoms with Gasteiger partial charge in [0.05, 0.1) is 6.04 Å². The van der Waals surface area contributed by atoms with Crippen LogP contribution >= 0.6 is 0 Å². The summed E-state index contributed by atoms with van der Waals surface area (Å²) in [5.74, 6) is 0. The van der Waals surface area contributed by atoms with Gasteiger partial charge < -0.3 is 21.7 Å². The number of hydrogen-bond donors (Lipinski definition) is 3. The van der Waals surface area contributed by atoms with Crippen LogP contribution in [0, 0.1) is 12.8 Å². The Kier molecular flexibility index (Phi) is 21.1. The summed E-state index contributed by atoms with van der Waals surface area (Å²) in [6.45, 7) is 17.3. The molecule has 2 heterocycles. The topological polar surface area (TPSA) is 80.2 Å². The molecule has 1 aliphatic rings. The molecule has 3 aromatic rings. The van der Waals surface area contributed by atoms with Crippen molar-refractivity contribution in [1.82, 2.24) is 15.2 Å². The standard InChI is InChI=1S/C16H20N2.C15H22FN3.2C2H6.C2H2/c1-12(17)13-8-10-15(11-9-13)16(18-2)14-6-4-3-5-7-14;1-11(17)3-4-15-9-13(5-7-18-15)12(2)19-8-6-14(16)10-19;3*1-2/h3-12,16,18H,17H2,1-2H3;5,7,9,11,14H,2-4,6,8,10,17H2,1H3;2*1-2H3;1-2H. The summed E-state index contributed by atoms with van der Waals surface area (Å²) in [6, 6.07) is 23.4. The highest BCUT2D eigenvalue weighted by Crippen LogP contribution is 2.25. The van der Waals surface area contributed by atoms with Crippen molar-refractivity contribution in [2.45, 2.75) is 85.1 Å². The van der Waals surface area contributed by atoms with E-state index in [4.69, 9.17) is 11.5 Å². The van der Waals surface area contributed by atoms with Crippen LogP contribution in [0.3, 0.4) is 0 Å². The Balaban J connectivity index is 0.000000700. The first-order valence-electron chi connectivity index (χ1n) is 15.5. The van der Waals surface area contributed by atoms with E-state index < -0.39 is 6.17 Å². The minimum Gasteiger partial charge on any atom is -0.369 e. The summed E-state index contributed by atoms with van der Waals surface area (Å²) in [5, 5.41) is 3.35. The second kappa shape index (κ2) is 23.0. The Bertz CT molecular complexity index is 1140. The molecule has 1 aliphatic heterocycles. The maximum Gasteiger partial charge on any atom is 0.119 e. The maximum atomic E-state index is 13.2. The first-order valence-corrected chi connectivity index (χ1v) is 15.5. The van der Waals surface area contributed by atoms with Crippen molar-refractivity contribution < 1.29 is 4.39 Å². The van der Waals surface area contributed by atoms with Crippen LogP contribution in [0.5, 0.6) is 0 Å². The van der Waals surface area contributed by atoms with Crippen LogP contribution < -0.4 is 16.8 Å². The molecule has 4 unspecified atom stereocenters. The monoisotopic (exact) mass is 589 g/mol. The fraction of sp³-hybridized carbons (Fsp3) is 0.432. The van der Waals surface area contributed by atoms with Gasteiger partial charge in [0.2, 0.25) is 0 Å². The number of benzene rings is 2. The number of pyridine rings is 1. The van der Waals surface area contributed by atoms with Gasteiger partial charge in [0.1, 0.15) is 6.17 Å². The predicted molar refractivity (Wildman–Crippen MR) is 185 cm³/mol. The lowest BCUT2D eigenvalue weighted by Crippen LogP contribution is -2.19. The third-order valence-corrected chi connectivity index (χ3v) is 6.74. The van der Waals surface area contributed by atoms with Crippen molar-refractivity contribution in [1.29, 1.82) is 0 Å². The highest BCUT2D eigenvalue weighted by Gasteiger charge is 2.23. The lowest BCUT2D eigenvalue weighted by molar-refractivity contribution is 0.338. The summed E-state index contributed by atoms with van der Waals surface area (Å²) in [6.07, 6.45) is 11.4. The van der Waals surface area contributed by atoms with Crippen molar-refractivity contribution in [3.05, 3.63) is 107 Å². The third kappa shape index (κ3) is 14.0. The predicted octanol–water partition coefficient (Wildman–Crippen LogP) is 7.69. The molecule has 0 radical (unpaired) electrons. The number of aryl methyl sites for hydroxylation is 1. The van der Waals surface area contributed by atoms with E-state index in [-0.39, 0.29) is 18.1 Å². The van der Waals surface area contributed by atoms with E-state index in [0.29, 0.717) is 13.0 Å². The summed E-state index contributed by atoms with van der Waals surface area (Å²) in [7, 11) is 1.98. The molecule has 0 bridgehead atoms. The van der Waals surface area contributed by atoms with Crippen LogP contribution in [0.25, 0.3) is 5.70 Å². The number of terminal acetylenes is 1. The van der Waals surface area contributed by atoms with E-state index in [1.165, 1.54) is 16.7 Å². The maximum absolute atomic E-state index is 13.2. The lowest BCUT2D eigenvalue weighted by atomic mass is 9.97. The lowest BCUT2D eigenvalue weighted by Gasteiger charge is -2.20. The number of hydrogen-bond acceptors (Lipinski definition) is 5. The molecular formula is C37H56FN5. The normalized spacial score (nSPS) is 15.3. The SMILES string of the molecule is C#C.C=C(c1ccnc(CCC(C)N)c1)N1CCC(F)C1.CC.CC.CNC(c1ccccc1)c1ccc(C(C)N)cc1. The first kappa shape index (κ1) is 39.5. The molecule has 1 fully saturated rings. The van der Waals surface area contributed by atoms with Crippen molar-refractivity contribution in [3.8, 4) is 12.8 Å². The zero-order valence-electron chi connectivity index (χ0n) is 27.6. The van der Waals surface area contributed by atoms with Gasteiger partial charge in [-0.25, -0.2) is 4.39 Å². The van der Waals surface area contributed by atoms with Crippen LogP contribution in [-0.2, 0) is 6.42 Å². The van der Waals surface area contributed by atoms with Gasteiger partial charge in [-0.3, -0.25) is 4.98 Å². The van der Waals surface area contributed by atoms with Crippen molar-refractivity contribution in [2.24, 2.45) is 11.5 Å². The molecule has 0 amide bonds. The van der Waals surface area contributed by atoms with E-state index in [9.17, 15) is 4.39 Å². The molecule has 236 valence electrons. The number of rotatable bonds is 9. The number of alkyl halides is 1. The van der Waals surface area contributed by atoms with Gasteiger partial charge in [-0.1, -0.05) is 88.9 Å². The Morgan fingerprint density at radius 1 is 0.977 bits per heavy atom. The van der Waals surface area contributed by atoms with Crippen LogP contribution in [0.2, 0.25) is 0 Å². The van der Waals surface area contributed by atoms with Gasteiger partial charge in [0.15, 0.2) is 0 Å². The summed E-state index contributed by atoms with van der Waals surface area (Å²) < 4.78 is 13.2. The molecule has 0 spiro atoms. The largest absolute Gasteiger partial charge is 0.369 e. The van der Waals surface area contributed by atoms with Crippen LogP contribution in [-0.4, -0.2) is 42.2 Å². The summed E-state index contributed by atoms with van der Waals surface area (Å²) >= 11 is 0. The third-order valence-electron chi connectivity index (χ3n) is 6.74. The van der Waals surface area contributed by atoms with Crippen LogP contribution in [0.4, 0.5) is 4.39 Å². The second-order valence-corrected chi connectivity index (χ2v) is 9.92. The van der Waals surface area contributed by atoms with Gasteiger partial charge >= 0.3 is 0 Å². The first-order chi connectivity index (χ1) is 20.8. The zero-order chi connectivity index (χ0) is 32.8. The molecule has 0 saturated carbocycles. The molecule has 2 aromatic carbocycles. The number of likely N-dealkylation sites (tertiary alicyclic amines) is 1. The van der Waals surface area contributed by atoms with Crippen molar-refractivity contribution in [2.75, 3.05) is 20.1 Å². The highest BCUT2D eigenvalue weighted by atomic mass is 19.1. The minimum absolute atomic E-state index is 0.0869. The van der Waals surface area contributed by atoms with E-state index in [1.807, 2.05) is 71.7 Å². The minimum atomic E-state index is -0.726. The Morgan fingerprint density at radius 3 is 2.02 bits per heavy atom. The molecular weight excluding hydrogens is 533 g/mol. The van der Waals surface area contributed by atoms with E-state index >= 15 is 0 Å². The van der Waals surface area contributed by atoms with Crippen molar-refractivity contribution >= 4 is 5.70 Å². The van der Waals surface area contributed by atoms with E-state index in [1.54, 1.807) is 6.20 Å². The van der Waals surface area contributed by atoms with Gasteiger partial charge in [-0.2, -0.15) is 0 Å². The second-order valence-electron chi connectivity index (χ2n) is 9.92. The van der Waals surface area contributed by atoms with E-state index in [2.05, 4.69) is 78.3 Å². The molecule has 5 nitrogen and oxygen atoms in total.